The molecule has 0 saturated carbocycles. The van der Waals surface area contributed by atoms with Gasteiger partial charge < -0.3 is 0 Å². The van der Waals surface area contributed by atoms with Gasteiger partial charge in [-0.2, -0.15) is 5.10 Å². The highest BCUT2D eigenvalue weighted by atomic mass is 19.1. The first-order valence-electron chi connectivity index (χ1n) is 7.96. The molecule has 0 atom stereocenters. The van der Waals surface area contributed by atoms with E-state index in [9.17, 15) is 19.3 Å². The molecule has 2 aromatic carbocycles. The highest BCUT2D eigenvalue weighted by Gasteiger charge is 2.19. The van der Waals surface area contributed by atoms with Crippen molar-refractivity contribution in [2.45, 2.75) is 6.54 Å². The van der Waals surface area contributed by atoms with Crippen molar-refractivity contribution >= 4 is 16.7 Å². The minimum atomic E-state index is -0.526. The van der Waals surface area contributed by atoms with E-state index < -0.39 is 16.3 Å². The molecule has 2 heterocycles. The molecule has 0 aliphatic rings. The summed E-state index contributed by atoms with van der Waals surface area (Å²) in [5.74, 6) is -0.417. The second-order valence-electron chi connectivity index (χ2n) is 5.81. The molecule has 0 radical (unpaired) electrons. The molecule has 0 spiro atoms. The Balaban J connectivity index is 1.83. The largest absolute Gasteiger partial charge is 0.294 e. The summed E-state index contributed by atoms with van der Waals surface area (Å²) in [5.41, 5.74) is 0.190. The van der Waals surface area contributed by atoms with E-state index >= 15 is 0 Å². The van der Waals surface area contributed by atoms with Crippen molar-refractivity contribution in [3.8, 4) is 5.69 Å². The van der Waals surface area contributed by atoms with Crippen molar-refractivity contribution in [1.29, 1.82) is 0 Å². The Kier molecular flexibility index (Phi) is 3.96. The number of hydrogen-bond donors (Lipinski definition) is 0. The Morgan fingerprint density at radius 2 is 1.85 bits per heavy atom. The molecule has 0 aliphatic heterocycles. The fourth-order valence-corrected chi connectivity index (χ4v) is 2.85. The number of nitro benzene ring substituents is 1. The van der Waals surface area contributed by atoms with Crippen LogP contribution in [0, 0.1) is 15.9 Å². The van der Waals surface area contributed by atoms with E-state index in [1.165, 1.54) is 40.0 Å². The van der Waals surface area contributed by atoms with Gasteiger partial charge in [-0.15, -0.1) is 0 Å². The Hall–Kier alpha value is -3.88. The Labute approximate surface area is 151 Å². The number of fused-ring (bicyclic) bond motifs is 1. The lowest BCUT2D eigenvalue weighted by atomic mass is 10.2. The van der Waals surface area contributed by atoms with Crippen LogP contribution in [0.4, 0.5) is 10.1 Å². The quantitative estimate of drug-likeness (QED) is 0.409. The van der Waals surface area contributed by atoms with Gasteiger partial charge in [-0.25, -0.2) is 14.1 Å². The summed E-state index contributed by atoms with van der Waals surface area (Å²) in [6, 6.07) is 12.2. The standard InChI is InChI=1S/C18H12FN5O3/c19-14-6-2-1-5-12(14)10-22-11-20-17-13(18(22)25)9-21-23(17)15-7-3-4-8-16(15)24(26)27/h1-9,11H,10H2. The number of halogens is 1. The zero-order chi connectivity index (χ0) is 19.0. The maximum Gasteiger partial charge on any atom is 0.294 e. The maximum absolute atomic E-state index is 13.9. The van der Waals surface area contributed by atoms with Gasteiger partial charge in [0.2, 0.25) is 0 Å². The van der Waals surface area contributed by atoms with E-state index in [1.54, 1.807) is 30.3 Å². The Bertz CT molecular complexity index is 1230. The average Bonchev–Trinajstić information content (AvgIpc) is 3.10. The average molecular weight is 365 g/mol. The molecule has 4 aromatic rings. The molecule has 0 fully saturated rings. The molecule has 8 nitrogen and oxygen atoms in total. The number of nitrogens with zero attached hydrogens (tertiary/aromatic N) is 5. The summed E-state index contributed by atoms with van der Waals surface area (Å²) >= 11 is 0. The summed E-state index contributed by atoms with van der Waals surface area (Å²) in [6.45, 7) is 0.0190. The number of nitro groups is 1. The van der Waals surface area contributed by atoms with E-state index in [1.807, 2.05) is 0 Å². The normalized spacial score (nSPS) is 11.0. The minimum absolute atomic E-state index is 0.0190. The highest BCUT2D eigenvalue weighted by Crippen LogP contribution is 2.23. The van der Waals surface area contributed by atoms with Crippen LogP contribution in [-0.4, -0.2) is 24.3 Å². The van der Waals surface area contributed by atoms with Crippen LogP contribution in [0.1, 0.15) is 5.56 Å². The van der Waals surface area contributed by atoms with Gasteiger partial charge in [-0.1, -0.05) is 30.3 Å². The molecule has 0 unspecified atom stereocenters. The number of benzene rings is 2. The first kappa shape index (κ1) is 16.6. The van der Waals surface area contributed by atoms with Gasteiger partial charge in [0.15, 0.2) is 5.65 Å². The van der Waals surface area contributed by atoms with Crippen LogP contribution < -0.4 is 5.56 Å². The summed E-state index contributed by atoms with van der Waals surface area (Å²) in [7, 11) is 0. The maximum atomic E-state index is 13.9. The van der Waals surface area contributed by atoms with Crippen LogP contribution in [0.2, 0.25) is 0 Å². The zero-order valence-electron chi connectivity index (χ0n) is 13.8. The van der Waals surface area contributed by atoms with E-state index in [0.717, 1.165) is 0 Å². The third kappa shape index (κ3) is 2.84. The molecule has 2 aromatic heterocycles. The van der Waals surface area contributed by atoms with Crippen LogP contribution in [0.5, 0.6) is 0 Å². The third-order valence-corrected chi connectivity index (χ3v) is 4.16. The first-order valence-corrected chi connectivity index (χ1v) is 7.96. The summed E-state index contributed by atoms with van der Waals surface area (Å²) in [6.07, 6.45) is 2.59. The van der Waals surface area contributed by atoms with Gasteiger partial charge in [0, 0.05) is 11.6 Å². The zero-order valence-corrected chi connectivity index (χ0v) is 13.8. The molecule has 9 heteroatoms. The fraction of sp³-hybridized carbons (Fsp3) is 0.0556. The third-order valence-electron chi connectivity index (χ3n) is 4.16. The molecule has 0 amide bonds. The molecule has 0 bridgehead atoms. The van der Waals surface area contributed by atoms with Crippen LogP contribution >= 0.6 is 0 Å². The van der Waals surface area contributed by atoms with E-state index in [4.69, 9.17) is 0 Å². The number of rotatable bonds is 4. The van der Waals surface area contributed by atoms with Gasteiger partial charge in [0.05, 0.1) is 17.7 Å². The van der Waals surface area contributed by atoms with E-state index in [0.29, 0.717) is 5.56 Å². The van der Waals surface area contributed by atoms with Gasteiger partial charge in [-0.05, 0) is 12.1 Å². The molecule has 0 saturated heterocycles. The molecule has 0 N–H and O–H groups in total. The van der Waals surface area contributed by atoms with E-state index in [-0.39, 0.29) is 29.0 Å². The second kappa shape index (κ2) is 6.45. The first-order chi connectivity index (χ1) is 13.1. The van der Waals surface area contributed by atoms with Crippen molar-refractivity contribution in [2.75, 3.05) is 0 Å². The van der Waals surface area contributed by atoms with E-state index in [2.05, 4.69) is 10.1 Å². The fourth-order valence-electron chi connectivity index (χ4n) is 2.85. The highest BCUT2D eigenvalue weighted by molar-refractivity contribution is 5.76. The van der Waals surface area contributed by atoms with Gasteiger partial charge in [0.25, 0.3) is 11.2 Å². The molecule has 134 valence electrons. The number of aromatic nitrogens is 4. The van der Waals surface area contributed by atoms with Crippen molar-refractivity contribution in [3.05, 3.63) is 92.9 Å². The lowest BCUT2D eigenvalue weighted by Crippen LogP contribution is -2.21. The van der Waals surface area contributed by atoms with Gasteiger partial charge in [0.1, 0.15) is 23.2 Å². The number of hydrogen-bond acceptors (Lipinski definition) is 5. The minimum Gasteiger partial charge on any atom is -0.294 e. The lowest BCUT2D eigenvalue weighted by Gasteiger charge is -2.07. The number of para-hydroxylation sites is 2. The van der Waals surface area contributed by atoms with Crippen molar-refractivity contribution in [3.63, 3.8) is 0 Å². The van der Waals surface area contributed by atoms with Crippen molar-refractivity contribution in [2.24, 2.45) is 0 Å². The summed E-state index contributed by atoms with van der Waals surface area (Å²) in [5, 5.41) is 15.5. The lowest BCUT2D eigenvalue weighted by molar-refractivity contribution is -0.384. The Morgan fingerprint density at radius 1 is 1.11 bits per heavy atom. The molecular formula is C18H12FN5O3. The predicted octanol–water partition coefficient (Wildman–Crippen LogP) is 2.68. The monoisotopic (exact) mass is 365 g/mol. The van der Waals surface area contributed by atoms with Gasteiger partial charge in [-0.3, -0.25) is 19.5 Å². The summed E-state index contributed by atoms with van der Waals surface area (Å²) in [4.78, 5) is 27.7. The summed E-state index contributed by atoms with van der Waals surface area (Å²) < 4.78 is 16.4. The van der Waals surface area contributed by atoms with Crippen LogP contribution in [0.25, 0.3) is 16.7 Å². The van der Waals surface area contributed by atoms with Crippen LogP contribution in [0.3, 0.4) is 0 Å². The second-order valence-corrected chi connectivity index (χ2v) is 5.81. The SMILES string of the molecule is O=c1c2cnn(-c3ccccc3[N+](=O)[O-])c2ncn1Cc1ccccc1F. The predicted molar refractivity (Wildman–Crippen MR) is 95.3 cm³/mol. The van der Waals surface area contributed by atoms with Gasteiger partial charge >= 0.3 is 0 Å². The molecule has 27 heavy (non-hydrogen) atoms. The molecular weight excluding hydrogens is 353 g/mol. The molecule has 0 aliphatic carbocycles. The van der Waals surface area contributed by atoms with Crippen LogP contribution in [0.15, 0.2) is 65.8 Å². The topological polar surface area (TPSA) is 95.8 Å². The smallest absolute Gasteiger partial charge is 0.294 e. The van der Waals surface area contributed by atoms with Crippen molar-refractivity contribution < 1.29 is 9.31 Å². The Morgan fingerprint density at radius 3 is 2.63 bits per heavy atom. The molecule has 4 rings (SSSR count). The van der Waals surface area contributed by atoms with Crippen LogP contribution in [-0.2, 0) is 6.54 Å². The van der Waals surface area contributed by atoms with Crippen molar-refractivity contribution in [1.82, 2.24) is 19.3 Å².